The van der Waals surface area contributed by atoms with Crippen molar-refractivity contribution in [3.63, 3.8) is 0 Å². The fourth-order valence-corrected chi connectivity index (χ4v) is 2.18. The summed E-state index contributed by atoms with van der Waals surface area (Å²) in [7, 11) is 0. The van der Waals surface area contributed by atoms with Crippen LogP contribution in [0.4, 0.5) is 0 Å². The van der Waals surface area contributed by atoms with Gasteiger partial charge in [-0.2, -0.15) is 0 Å². The van der Waals surface area contributed by atoms with Crippen LogP contribution in [0.3, 0.4) is 0 Å². The molecule has 0 unspecified atom stereocenters. The van der Waals surface area contributed by atoms with Crippen molar-refractivity contribution in [3.05, 3.63) is 57.6 Å². The van der Waals surface area contributed by atoms with Crippen molar-refractivity contribution in [2.24, 2.45) is 5.73 Å². The number of rotatable bonds is 3. The zero-order valence-electron chi connectivity index (χ0n) is 10.8. The van der Waals surface area contributed by atoms with Gasteiger partial charge in [0.05, 0.1) is 5.56 Å². The second kappa shape index (κ2) is 5.45. The number of nitrogens with two attached hydrogens (primary N) is 1. The molecule has 4 heteroatoms. The average molecular weight is 319 g/mol. The minimum absolute atomic E-state index is 0.00716. The van der Waals surface area contributed by atoms with Gasteiger partial charge in [-0.15, -0.1) is 0 Å². The van der Waals surface area contributed by atoms with Crippen LogP contribution in [-0.2, 0) is 0 Å². The molecule has 0 saturated carbocycles. The maximum Gasteiger partial charge on any atom is 0.139 e. The van der Waals surface area contributed by atoms with E-state index in [2.05, 4.69) is 22.0 Å². The fourth-order valence-electron chi connectivity index (χ4n) is 1.84. The topological polar surface area (TPSA) is 59.1 Å². The molecule has 2 aromatic rings. The standard InChI is InChI=1S/C15H15BrN2O/c1-9-3-6-13(10(2)7-9)19-14-8-11(16)4-5-12(14)15(17)18/h3-8H,1-2H3,(H3,17,18). The first-order valence-electron chi connectivity index (χ1n) is 5.86. The zero-order chi connectivity index (χ0) is 14.0. The molecule has 3 nitrogen and oxygen atoms in total. The van der Waals surface area contributed by atoms with Crippen LogP contribution in [0.2, 0.25) is 0 Å². The second-order valence-electron chi connectivity index (χ2n) is 4.43. The Balaban J connectivity index is 2.42. The van der Waals surface area contributed by atoms with Gasteiger partial charge in [-0.05, 0) is 43.7 Å². The van der Waals surface area contributed by atoms with Crippen LogP contribution >= 0.6 is 15.9 Å². The van der Waals surface area contributed by atoms with E-state index in [9.17, 15) is 0 Å². The molecule has 0 bridgehead atoms. The molecule has 98 valence electrons. The first-order valence-corrected chi connectivity index (χ1v) is 6.65. The monoisotopic (exact) mass is 318 g/mol. The molecule has 2 aromatic carbocycles. The Morgan fingerprint density at radius 2 is 1.84 bits per heavy atom. The van der Waals surface area contributed by atoms with Crippen LogP contribution in [0.25, 0.3) is 0 Å². The van der Waals surface area contributed by atoms with Gasteiger partial charge in [0.15, 0.2) is 0 Å². The summed E-state index contributed by atoms with van der Waals surface area (Å²) in [5.41, 5.74) is 8.39. The summed E-state index contributed by atoms with van der Waals surface area (Å²) in [5, 5.41) is 7.58. The summed E-state index contributed by atoms with van der Waals surface area (Å²) in [4.78, 5) is 0. The van der Waals surface area contributed by atoms with Crippen molar-refractivity contribution in [3.8, 4) is 11.5 Å². The summed E-state index contributed by atoms with van der Waals surface area (Å²) >= 11 is 3.40. The van der Waals surface area contributed by atoms with E-state index in [0.717, 1.165) is 15.8 Å². The van der Waals surface area contributed by atoms with Gasteiger partial charge in [-0.3, -0.25) is 5.41 Å². The van der Waals surface area contributed by atoms with Crippen LogP contribution in [0.5, 0.6) is 11.5 Å². The van der Waals surface area contributed by atoms with Crippen LogP contribution in [0.15, 0.2) is 40.9 Å². The first kappa shape index (κ1) is 13.6. The van der Waals surface area contributed by atoms with E-state index in [1.165, 1.54) is 5.56 Å². The predicted octanol–water partition coefficient (Wildman–Crippen LogP) is 4.14. The molecular formula is C15H15BrN2O. The molecule has 0 saturated heterocycles. The van der Waals surface area contributed by atoms with E-state index in [1.54, 1.807) is 6.07 Å². The SMILES string of the molecule is Cc1ccc(Oc2cc(Br)ccc2C(=N)N)c(C)c1. The quantitative estimate of drug-likeness (QED) is 0.660. The van der Waals surface area contributed by atoms with Gasteiger partial charge in [0.25, 0.3) is 0 Å². The Hall–Kier alpha value is -1.81. The largest absolute Gasteiger partial charge is 0.456 e. The van der Waals surface area contributed by atoms with Crippen molar-refractivity contribution < 1.29 is 4.74 Å². The summed E-state index contributed by atoms with van der Waals surface area (Å²) < 4.78 is 6.77. The number of hydrogen-bond donors (Lipinski definition) is 2. The fraction of sp³-hybridized carbons (Fsp3) is 0.133. The molecule has 0 radical (unpaired) electrons. The van der Waals surface area contributed by atoms with E-state index in [4.69, 9.17) is 15.9 Å². The minimum atomic E-state index is -0.00716. The van der Waals surface area contributed by atoms with E-state index < -0.39 is 0 Å². The molecule has 2 rings (SSSR count). The lowest BCUT2D eigenvalue weighted by atomic mass is 10.1. The van der Waals surface area contributed by atoms with E-state index in [1.807, 2.05) is 38.1 Å². The third-order valence-electron chi connectivity index (χ3n) is 2.78. The van der Waals surface area contributed by atoms with Gasteiger partial charge in [-0.1, -0.05) is 33.6 Å². The van der Waals surface area contributed by atoms with Crippen molar-refractivity contribution in [1.82, 2.24) is 0 Å². The highest BCUT2D eigenvalue weighted by Crippen LogP contribution is 2.30. The lowest BCUT2D eigenvalue weighted by Crippen LogP contribution is -2.12. The van der Waals surface area contributed by atoms with Crippen LogP contribution in [0, 0.1) is 19.3 Å². The zero-order valence-corrected chi connectivity index (χ0v) is 12.4. The van der Waals surface area contributed by atoms with Crippen molar-refractivity contribution in [2.75, 3.05) is 0 Å². The summed E-state index contributed by atoms with van der Waals surface area (Å²) in [6.45, 7) is 4.03. The van der Waals surface area contributed by atoms with Gasteiger partial charge in [0, 0.05) is 4.47 Å². The van der Waals surface area contributed by atoms with Crippen LogP contribution < -0.4 is 10.5 Å². The Kier molecular flexibility index (Phi) is 3.90. The Morgan fingerprint density at radius 1 is 1.11 bits per heavy atom. The third-order valence-corrected chi connectivity index (χ3v) is 3.28. The van der Waals surface area contributed by atoms with E-state index in [-0.39, 0.29) is 5.84 Å². The average Bonchev–Trinajstić information content (AvgIpc) is 2.32. The summed E-state index contributed by atoms with van der Waals surface area (Å²) in [6.07, 6.45) is 0. The third kappa shape index (κ3) is 3.15. The molecule has 0 aliphatic carbocycles. The number of benzene rings is 2. The molecule has 0 amide bonds. The predicted molar refractivity (Wildman–Crippen MR) is 81.1 cm³/mol. The Bertz CT molecular complexity index is 638. The molecule has 19 heavy (non-hydrogen) atoms. The van der Waals surface area contributed by atoms with Crippen molar-refractivity contribution >= 4 is 21.8 Å². The lowest BCUT2D eigenvalue weighted by molar-refractivity contribution is 0.477. The highest BCUT2D eigenvalue weighted by atomic mass is 79.9. The normalized spacial score (nSPS) is 10.3. The number of amidine groups is 1. The smallest absolute Gasteiger partial charge is 0.139 e. The molecule has 0 aromatic heterocycles. The highest BCUT2D eigenvalue weighted by molar-refractivity contribution is 9.10. The molecule has 0 aliphatic heterocycles. The molecule has 3 N–H and O–H groups in total. The Morgan fingerprint density at radius 3 is 2.47 bits per heavy atom. The van der Waals surface area contributed by atoms with Crippen LogP contribution in [-0.4, -0.2) is 5.84 Å². The van der Waals surface area contributed by atoms with Gasteiger partial charge >= 0.3 is 0 Å². The van der Waals surface area contributed by atoms with Crippen molar-refractivity contribution in [1.29, 1.82) is 5.41 Å². The summed E-state index contributed by atoms with van der Waals surface area (Å²) in [6, 6.07) is 11.4. The second-order valence-corrected chi connectivity index (χ2v) is 5.34. The molecule has 0 fully saturated rings. The molecular weight excluding hydrogens is 304 g/mol. The number of halogens is 1. The lowest BCUT2D eigenvalue weighted by Gasteiger charge is -2.13. The van der Waals surface area contributed by atoms with Gasteiger partial charge in [0.1, 0.15) is 17.3 Å². The molecule has 0 aliphatic rings. The number of ether oxygens (including phenoxy) is 1. The number of hydrogen-bond acceptors (Lipinski definition) is 2. The van der Waals surface area contributed by atoms with Gasteiger partial charge in [0.2, 0.25) is 0 Å². The van der Waals surface area contributed by atoms with Crippen LogP contribution in [0.1, 0.15) is 16.7 Å². The van der Waals surface area contributed by atoms with Gasteiger partial charge < -0.3 is 10.5 Å². The molecule has 0 atom stereocenters. The Labute approximate surface area is 121 Å². The number of aryl methyl sites for hydroxylation is 2. The highest BCUT2D eigenvalue weighted by Gasteiger charge is 2.10. The first-order chi connectivity index (χ1) is 8.97. The summed E-state index contributed by atoms with van der Waals surface area (Å²) in [5.74, 6) is 1.34. The van der Waals surface area contributed by atoms with E-state index in [0.29, 0.717) is 11.3 Å². The molecule has 0 spiro atoms. The van der Waals surface area contributed by atoms with Crippen molar-refractivity contribution in [2.45, 2.75) is 13.8 Å². The number of nitrogens with one attached hydrogen (secondary N) is 1. The maximum absolute atomic E-state index is 7.58. The van der Waals surface area contributed by atoms with Gasteiger partial charge in [-0.25, -0.2) is 0 Å². The molecule has 0 heterocycles. The minimum Gasteiger partial charge on any atom is -0.456 e. The maximum atomic E-state index is 7.58. The van der Waals surface area contributed by atoms with E-state index >= 15 is 0 Å². The number of nitrogen functional groups attached to an aromatic ring is 1.